The molecule has 3 aromatic heterocycles. The van der Waals surface area contributed by atoms with Gasteiger partial charge in [0.1, 0.15) is 34.2 Å². The molecule has 6 heteroatoms. The maximum Gasteiger partial charge on any atom is 0.159 e. The van der Waals surface area contributed by atoms with E-state index in [0.29, 0.717) is 5.84 Å². The molecule has 0 bridgehead atoms. The summed E-state index contributed by atoms with van der Waals surface area (Å²) < 4.78 is 15.7. The molecule has 2 aliphatic rings. The van der Waals surface area contributed by atoms with Crippen LogP contribution < -0.4 is 16.0 Å². The van der Waals surface area contributed by atoms with E-state index in [4.69, 9.17) is 18.8 Å². The van der Waals surface area contributed by atoms with Crippen LogP contribution in [0.4, 0.5) is 0 Å². The molecule has 1 aliphatic heterocycles. The van der Waals surface area contributed by atoms with Crippen LogP contribution in [0.5, 0.6) is 0 Å². The van der Waals surface area contributed by atoms with E-state index in [9.17, 15) is 0 Å². The molecule has 4 heterocycles. The van der Waals surface area contributed by atoms with Crippen molar-refractivity contribution < 1.29 is 8.83 Å². The lowest BCUT2D eigenvalue weighted by molar-refractivity contribution is 0.571. The highest BCUT2D eigenvalue weighted by Gasteiger charge is 2.26. The molecule has 57 heavy (non-hydrogen) atoms. The molecule has 0 amide bonds. The minimum Gasteiger partial charge on any atom is -0.456 e. The lowest BCUT2D eigenvalue weighted by Gasteiger charge is -2.25. The maximum atomic E-state index is 6.71. The zero-order chi connectivity index (χ0) is 37.5. The van der Waals surface area contributed by atoms with Gasteiger partial charge in [-0.2, -0.15) is 0 Å². The summed E-state index contributed by atoms with van der Waals surface area (Å²) in [6.45, 7) is 0. The number of aliphatic imine (C=N–C) groups is 2. The van der Waals surface area contributed by atoms with Crippen molar-refractivity contribution in [2.24, 2.45) is 9.98 Å². The van der Waals surface area contributed by atoms with Crippen molar-refractivity contribution in [2.45, 2.75) is 19.0 Å². The van der Waals surface area contributed by atoms with Crippen molar-refractivity contribution >= 4 is 78.0 Å². The van der Waals surface area contributed by atoms with E-state index < -0.39 is 0 Å². The Balaban J connectivity index is 1.09. The van der Waals surface area contributed by atoms with E-state index in [2.05, 4.69) is 155 Å². The largest absolute Gasteiger partial charge is 0.456 e. The number of nitrogens with one attached hydrogen (secondary N) is 1. The van der Waals surface area contributed by atoms with E-state index >= 15 is 0 Å². The van der Waals surface area contributed by atoms with Crippen molar-refractivity contribution in [3.63, 3.8) is 0 Å². The number of aromatic nitrogens is 1. The summed E-state index contributed by atoms with van der Waals surface area (Å²) in [4.78, 5) is 10.4. The van der Waals surface area contributed by atoms with E-state index in [1.165, 1.54) is 21.8 Å². The van der Waals surface area contributed by atoms with Gasteiger partial charge < -0.3 is 18.7 Å². The Morgan fingerprint density at radius 1 is 0.579 bits per heavy atom. The number of para-hydroxylation sites is 2. The van der Waals surface area contributed by atoms with E-state index in [1.54, 1.807) is 0 Å². The summed E-state index contributed by atoms with van der Waals surface area (Å²) >= 11 is 0. The van der Waals surface area contributed by atoms with Gasteiger partial charge >= 0.3 is 0 Å². The molecule has 0 spiro atoms. The van der Waals surface area contributed by atoms with Gasteiger partial charge in [0.2, 0.25) is 0 Å². The average molecular weight is 735 g/mol. The fraction of sp³-hybridized carbons (Fsp3) is 0.0588. The van der Waals surface area contributed by atoms with Gasteiger partial charge in [0.15, 0.2) is 5.84 Å². The Morgan fingerprint density at radius 3 is 2.00 bits per heavy atom. The molecule has 1 aliphatic carbocycles. The number of nitrogens with zero attached hydrogens (tertiary/aromatic N) is 3. The molecule has 0 saturated heterocycles. The van der Waals surface area contributed by atoms with Gasteiger partial charge in [0, 0.05) is 49.0 Å². The monoisotopic (exact) mass is 734 g/mol. The van der Waals surface area contributed by atoms with Crippen LogP contribution in [0.2, 0.25) is 0 Å². The highest BCUT2D eigenvalue weighted by atomic mass is 16.3. The first kappa shape index (κ1) is 31.9. The first-order chi connectivity index (χ1) is 28.3. The van der Waals surface area contributed by atoms with Crippen LogP contribution in [-0.4, -0.2) is 16.2 Å². The molecular weight excluding hydrogens is 701 g/mol. The van der Waals surface area contributed by atoms with Gasteiger partial charge in [0.25, 0.3) is 0 Å². The fourth-order valence-corrected chi connectivity index (χ4v) is 9.05. The number of rotatable bonds is 5. The SMILES string of the molecule is C1=c2oc3cccc(-c4cccc5oc6ccc(-n7c8ccccc8c8ccccc87)cc6c45)c3c2=C(C2=NC(c3ccccc3)=NC(c3ccccc3)N2)CC1. The summed E-state index contributed by atoms with van der Waals surface area (Å²) in [7, 11) is 0. The van der Waals surface area contributed by atoms with Gasteiger partial charge in [-0.15, -0.1) is 0 Å². The zero-order valence-corrected chi connectivity index (χ0v) is 30.8. The number of furan rings is 2. The lowest BCUT2D eigenvalue weighted by atomic mass is 9.93. The first-order valence-electron chi connectivity index (χ1n) is 19.5. The van der Waals surface area contributed by atoms with Crippen molar-refractivity contribution in [3.05, 3.63) is 186 Å². The molecule has 1 N–H and O–H groups in total. The molecule has 0 saturated carbocycles. The first-order valence-corrected chi connectivity index (χ1v) is 19.5. The van der Waals surface area contributed by atoms with Gasteiger partial charge in [-0.3, -0.25) is 0 Å². The Labute approximate surface area is 327 Å². The van der Waals surface area contributed by atoms with Crippen LogP contribution in [-0.2, 0) is 0 Å². The lowest BCUT2D eigenvalue weighted by Crippen LogP contribution is -2.39. The summed E-state index contributed by atoms with van der Waals surface area (Å²) in [6, 6.07) is 57.2. The highest BCUT2D eigenvalue weighted by Crippen LogP contribution is 2.41. The molecule has 0 fully saturated rings. The van der Waals surface area contributed by atoms with E-state index in [0.717, 1.165) is 95.7 Å². The highest BCUT2D eigenvalue weighted by molar-refractivity contribution is 6.25. The second-order valence-corrected chi connectivity index (χ2v) is 14.8. The number of hydrogen-bond acceptors (Lipinski definition) is 5. The molecule has 270 valence electrons. The average Bonchev–Trinajstić information content (AvgIpc) is 3.96. The van der Waals surface area contributed by atoms with Gasteiger partial charge in [-0.25, -0.2) is 9.98 Å². The predicted octanol–water partition coefficient (Wildman–Crippen LogP) is 11.0. The van der Waals surface area contributed by atoms with Crippen LogP contribution in [0.3, 0.4) is 0 Å². The third kappa shape index (κ3) is 4.97. The minimum absolute atomic E-state index is 0.289. The molecule has 7 aromatic carbocycles. The van der Waals surface area contributed by atoms with Crippen LogP contribution in [0.1, 0.15) is 30.1 Å². The molecule has 0 radical (unpaired) electrons. The van der Waals surface area contributed by atoms with Crippen LogP contribution in [0.15, 0.2) is 183 Å². The second kappa shape index (κ2) is 12.5. The summed E-state index contributed by atoms with van der Waals surface area (Å²) in [5, 5.41) is 10.5. The number of fused-ring (bicyclic) bond motifs is 9. The van der Waals surface area contributed by atoms with Gasteiger partial charge in [-0.05, 0) is 78.1 Å². The second-order valence-electron chi connectivity index (χ2n) is 14.8. The predicted molar refractivity (Wildman–Crippen MR) is 232 cm³/mol. The summed E-state index contributed by atoms with van der Waals surface area (Å²) in [5.74, 6) is 1.54. The zero-order valence-electron chi connectivity index (χ0n) is 30.8. The van der Waals surface area contributed by atoms with Crippen LogP contribution >= 0.6 is 0 Å². The Hall–Kier alpha value is -7.44. The number of hydrogen-bond donors (Lipinski definition) is 1. The minimum atomic E-state index is -0.289. The van der Waals surface area contributed by atoms with Crippen molar-refractivity contribution in [2.75, 3.05) is 0 Å². The molecule has 1 atom stereocenters. The molecule has 1 unspecified atom stereocenters. The van der Waals surface area contributed by atoms with E-state index in [1.807, 2.05) is 24.3 Å². The molecule has 6 nitrogen and oxygen atoms in total. The fourth-order valence-electron chi connectivity index (χ4n) is 9.05. The number of amidine groups is 2. The van der Waals surface area contributed by atoms with Crippen molar-refractivity contribution in [1.29, 1.82) is 0 Å². The maximum absolute atomic E-state index is 6.71. The van der Waals surface area contributed by atoms with Gasteiger partial charge in [-0.1, -0.05) is 121 Å². The number of benzene rings is 7. The third-order valence-electron chi connectivity index (χ3n) is 11.6. The Kier molecular flexibility index (Phi) is 7.01. The quantitative estimate of drug-likeness (QED) is 0.191. The van der Waals surface area contributed by atoms with E-state index in [-0.39, 0.29) is 6.17 Å². The van der Waals surface area contributed by atoms with Gasteiger partial charge in [0.05, 0.1) is 11.0 Å². The molecule has 12 rings (SSSR count). The standard InChI is InChI=1S/C51H34N4O2/c1-3-14-31(15-4-1)49-52-50(32-16-5-2-6-17-32)54-51(53-49)38-22-13-27-45-48(38)47-37(21-12-26-44(47)57-45)36-20-11-25-43-46(36)39-30-33(28-29-42(39)56-43)55-40-23-9-7-18-34(40)35-19-8-10-24-41(35)55/h1-12,14-21,23-30,49H,13,22H2,(H,52,53,54). The molecule has 10 aromatic rings. The van der Waals surface area contributed by atoms with Crippen molar-refractivity contribution in [1.82, 2.24) is 9.88 Å². The van der Waals surface area contributed by atoms with Crippen LogP contribution in [0.25, 0.3) is 83.2 Å². The summed E-state index contributed by atoms with van der Waals surface area (Å²) in [5.41, 5.74) is 12.2. The Morgan fingerprint density at radius 2 is 1.25 bits per heavy atom. The smallest absolute Gasteiger partial charge is 0.159 e. The summed E-state index contributed by atoms with van der Waals surface area (Å²) in [6.07, 6.45) is 3.59. The molecular formula is C51H34N4O2. The normalized spacial score (nSPS) is 15.5. The third-order valence-corrected chi connectivity index (χ3v) is 11.6. The van der Waals surface area contributed by atoms with Crippen LogP contribution in [0, 0.1) is 0 Å². The topological polar surface area (TPSA) is 68.0 Å². The Bertz CT molecular complexity index is 3390. The van der Waals surface area contributed by atoms with Crippen molar-refractivity contribution in [3.8, 4) is 16.8 Å².